The minimum Gasteiger partial charge on any atom is -0.391 e. The third kappa shape index (κ3) is 13.7. The van der Waals surface area contributed by atoms with Crippen LogP contribution in [0.15, 0.2) is 72.2 Å². The molecule has 1 fully saturated rings. The summed E-state index contributed by atoms with van der Waals surface area (Å²) in [5.74, 6) is -3.24. The number of primary amides is 1. The zero-order valence-electron chi connectivity index (χ0n) is 41.6. The number of aliphatic hydroxyl groups is 1. The maximum absolute atomic E-state index is 14.1. The van der Waals surface area contributed by atoms with Crippen LogP contribution in [0.2, 0.25) is 0 Å². The number of para-hydroxylation sites is 1. The van der Waals surface area contributed by atoms with E-state index in [0.29, 0.717) is 31.4 Å². The van der Waals surface area contributed by atoms with E-state index in [0.717, 1.165) is 63.2 Å². The van der Waals surface area contributed by atoms with Crippen LogP contribution >= 0.6 is 23.7 Å². The van der Waals surface area contributed by atoms with Crippen molar-refractivity contribution in [1.82, 2.24) is 25.8 Å². The summed E-state index contributed by atoms with van der Waals surface area (Å²) in [6, 6.07) is 17.9. The molecule has 72 heavy (non-hydrogen) atoms. The summed E-state index contributed by atoms with van der Waals surface area (Å²) in [5.41, 5.74) is 20.3. The Hall–Kier alpha value is -6.01. The zero-order chi connectivity index (χ0) is 51.0. The first-order valence-corrected chi connectivity index (χ1v) is 25.7. The molecule has 3 aromatic carbocycles. The summed E-state index contributed by atoms with van der Waals surface area (Å²) in [5, 5.41) is 19.3. The van der Waals surface area contributed by atoms with Crippen LogP contribution in [0.5, 0.6) is 0 Å². The number of rotatable bonds is 21. The number of anilines is 1. The Bertz CT molecular complexity index is 2600. The van der Waals surface area contributed by atoms with E-state index in [1.165, 1.54) is 9.80 Å². The summed E-state index contributed by atoms with van der Waals surface area (Å²) >= 11 is 1.57. The molecule has 1 aromatic heterocycles. The Kier molecular flexibility index (Phi) is 18.9. The number of unbranched alkanes of at least 4 members (excludes halogenated alkanes) is 2. The van der Waals surface area contributed by atoms with Crippen molar-refractivity contribution in [3.63, 3.8) is 0 Å². The van der Waals surface area contributed by atoms with Gasteiger partial charge in [0.1, 0.15) is 23.9 Å². The fraction of sp³-hybridized carbons (Fsp3) is 0.481. The van der Waals surface area contributed by atoms with Crippen LogP contribution in [0.4, 0.5) is 5.69 Å². The summed E-state index contributed by atoms with van der Waals surface area (Å²) in [4.78, 5) is 102. The van der Waals surface area contributed by atoms with Gasteiger partial charge in [-0.2, -0.15) is 0 Å². The lowest BCUT2D eigenvalue weighted by Crippen LogP contribution is -2.56. The number of likely N-dealkylation sites (tertiary alicyclic amines) is 1. The molecule has 0 saturated carbocycles. The minimum atomic E-state index is -1.06. The number of thiazole rings is 1. The van der Waals surface area contributed by atoms with Gasteiger partial charge < -0.3 is 37.4 Å². The van der Waals surface area contributed by atoms with Crippen molar-refractivity contribution < 1.29 is 38.7 Å². The molecule has 386 valence electrons. The lowest BCUT2D eigenvalue weighted by Gasteiger charge is -2.34. The molecule has 0 spiro atoms. The fourth-order valence-corrected chi connectivity index (χ4v) is 10.7. The maximum atomic E-state index is 14.1. The van der Waals surface area contributed by atoms with Crippen molar-refractivity contribution >= 4 is 70.7 Å². The van der Waals surface area contributed by atoms with E-state index in [-0.39, 0.29) is 87.7 Å². The number of aromatic nitrogens is 1. The highest BCUT2D eigenvalue weighted by atomic mass is 35.5. The van der Waals surface area contributed by atoms with Gasteiger partial charge in [0.2, 0.25) is 35.4 Å². The topological polar surface area (TPSA) is 247 Å². The van der Waals surface area contributed by atoms with Gasteiger partial charge in [-0.25, -0.2) is 4.98 Å². The van der Waals surface area contributed by atoms with Gasteiger partial charge in [-0.05, 0) is 84.2 Å². The second kappa shape index (κ2) is 24.6. The molecule has 16 nitrogen and oxygen atoms in total. The van der Waals surface area contributed by atoms with Crippen LogP contribution in [0.25, 0.3) is 10.4 Å². The molecule has 4 aromatic rings. The molecular formula is C54H69ClN8O8S. The summed E-state index contributed by atoms with van der Waals surface area (Å²) in [6.07, 6.45) is 3.98. The predicted octanol–water partition coefficient (Wildman–Crippen LogP) is 5.14. The van der Waals surface area contributed by atoms with Gasteiger partial charge in [-0.1, -0.05) is 93.9 Å². The number of nitrogens with one attached hydrogen (secondary N) is 3. The van der Waals surface area contributed by atoms with Crippen LogP contribution < -0.4 is 32.3 Å². The first-order valence-electron chi connectivity index (χ1n) is 24.8. The smallest absolute Gasteiger partial charge is 0.244 e. The van der Waals surface area contributed by atoms with Crippen LogP contribution in [0, 0.1) is 18.3 Å². The number of ketones is 1. The highest BCUT2D eigenvalue weighted by Crippen LogP contribution is 2.39. The van der Waals surface area contributed by atoms with E-state index in [4.69, 9.17) is 11.5 Å². The van der Waals surface area contributed by atoms with E-state index in [1.807, 2.05) is 99.9 Å². The quantitative estimate of drug-likeness (QED) is 0.0600. The average Bonchev–Trinajstić information content (AvgIpc) is 4.06. The molecule has 6 atom stereocenters. The molecule has 3 aliphatic rings. The molecule has 4 heterocycles. The molecule has 0 bridgehead atoms. The lowest BCUT2D eigenvalue weighted by atomic mass is 9.76. The van der Waals surface area contributed by atoms with Gasteiger partial charge in [0, 0.05) is 57.7 Å². The minimum absolute atomic E-state index is 0. The van der Waals surface area contributed by atoms with Gasteiger partial charge in [-0.15, -0.1) is 23.7 Å². The highest BCUT2D eigenvalue weighted by Gasteiger charge is 2.45. The summed E-state index contributed by atoms with van der Waals surface area (Å²) in [7, 11) is 0. The van der Waals surface area contributed by atoms with Gasteiger partial charge in [0.25, 0.3) is 0 Å². The van der Waals surface area contributed by atoms with Gasteiger partial charge in [-0.3, -0.25) is 38.5 Å². The number of β-amino-alcohol motifs (C(OH)–C–C–N with tert-alkyl or cyclic N) is 1. The number of aryl methyl sites for hydroxylation is 3. The van der Waals surface area contributed by atoms with Crippen molar-refractivity contribution in [3.05, 3.63) is 106 Å². The average molecular weight is 1030 g/mol. The first kappa shape index (κ1) is 55.3. The number of benzene rings is 3. The fourth-order valence-electron chi connectivity index (χ4n) is 9.91. The number of nitrogens with two attached hydrogens (primary N) is 2. The normalized spacial score (nSPS) is 19.1. The van der Waals surface area contributed by atoms with Crippen LogP contribution in [-0.4, -0.2) is 93.0 Å². The molecule has 8 N–H and O–H groups in total. The molecule has 0 radical (unpaired) electrons. The highest BCUT2D eigenvalue weighted by molar-refractivity contribution is 7.13. The van der Waals surface area contributed by atoms with E-state index in [1.54, 1.807) is 11.3 Å². The maximum Gasteiger partial charge on any atom is 0.244 e. The number of amides is 6. The Labute approximate surface area is 431 Å². The number of nitrogens with zero attached hydrogens (tertiary/aromatic N) is 3. The third-order valence-electron chi connectivity index (χ3n) is 14.0. The number of carbonyl (C=O) groups is 7. The molecule has 3 aliphatic heterocycles. The number of hydrogen-bond donors (Lipinski definition) is 6. The monoisotopic (exact) mass is 1020 g/mol. The summed E-state index contributed by atoms with van der Waals surface area (Å²) < 4.78 is 0. The summed E-state index contributed by atoms with van der Waals surface area (Å²) in [6.45, 7) is 8.22. The van der Waals surface area contributed by atoms with Gasteiger partial charge >= 0.3 is 0 Å². The number of Topliss-reactive ketones (excluding diaryl/α,β-unsaturated/α-hetero) is 1. The van der Waals surface area contributed by atoms with E-state index >= 15 is 0 Å². The zero-order valence-corrected chi connectivity index (χ0v) is 43.2. The van der Waals surface area contributed by atoms with Crippen LogP contribution in [0.3, 0.4) is 0 Å². The van der Waals surface area contributed by atoms with Crippen molar-refractivity contribution in [2.75, 3.05) is 11.4 Å². The van der Waals surface area contributed by atoms with Crippen LogP contribution in [0.1, 0.15) is 112 Å². The second-order valence-electron chi connectivity index (χ2n) is 20.4. The predicted molar refractivity (Wildman–Crippen MR) is 279 cm³/mol. The number of hydrogen-bond acceptors (Lipinski definition) is 11. The van der Waals surface area contributed by atoms with E-state index in [9.17, 15) is 38.7 Å². The largest absolute Gasteiger partial charge is 0.391 e. The standard InChI is InChI=1S/C54H68N8O8S.ClH/c1-32-48(71-31-59-32)37-19-17-35(18-20-37)29-58-50(67)44-27-40(64)30-61(44)52(69)41(54(2,3)4)26-39(63)12-7-5-6-9-33-13-15-34(16-14-33)28-57-49(66)43(23-24-46(56)65)60-51(68)45-25-38-11-8-10-36-21-22-42(55)53(70)62(45)47(36)38;/h8,10-11,13-20,31,40-45,64H,5-7,9,12,21-30,55H2,1-4H3,(H2,56,65)(H,57,66)(H,58,67)(H,60,68);1H/t40-,41-,42+,43+,44+,45+;/m1./s1. The Morgan fingerprint density at radius 2 is 1.53 bits per heavy atom. The number of aliphatic hydroxyl groups excluding tert-OH is 1. The van der Waals surface area contributed by atoms with Gasteiger partial charge in [0.15, 0.2) is 0 Å². The van der Waals surface area contributed by atoms with Crippen molar-refractivity contribution in [2.45, 2.75) is 148 Å². The first-order chi connectivity index (χ1) is 33.9. The third-order valence-corrected chi connectivity index (χ3v) is 15.0. The van der Waals surface area contributed by atoms with E-state index in [2.05, 4.69) is 20.9 Å². The number of halogens is 1. The molecule has 0 unspecified atom stereocenters. The Balaban J connectivity index is 0.00000847. The molecule has 0 aliphatic carbocycles. The molecule has 1 saturated heterocycles. The number of carbonyl (C=O) groups excluding carboxylic acids is 7. The SMILES string of the molecule is Cc1ncsc1-c1ccc(CNC(=O)[C@@H]2C[C@@H](O)CN2C(=O)[C@@H](CC(=O)CCCCCc2ccc(CNC(=O)[C@H](CCC(N)=O)NC(=O)[C@@H]3Cc4cccc5c4N3C(=O)[C@@H](N)CC5)cc2)C(C)(C)C)cc1.Cl. The van der Waals surface area contributed by atoms with Gasteiger partial charge in [0.05, 0.1) is 33.9 Å². The second-order valence-corrected chi connectivity index (χ2v) is 21.3. The molecule has 18 heteroatoms. The molecule has 7 rings (SSSR count). The van der Waals surface area contributed by atoms with Crippen molar-refractivity contribution in [3.8, 4) is 10.4 Å². The molecular weight excluding hydrogens is 956 g/mol. The molecule has 6 amide bonds. The van der Waals surface area contributed by atoms with Crippen LogP contribution in [-0.2, 0) is 65.9 Å². The van der Waals surface area contributed by atoms with E-state index < -0.39 is 59.3 Å². The Morgan fingerprint density at radius 1 is 0.861 bits per heavy atom. The lowest BCUT2D eigenvalue weighted by molar-refractivity contribution is -0.146. The van der Waals surface area contributed by atoms with Crippen molar-refractivity contribution in [1.29, 1.82) is 0 Å². The van der Waals surface area contributed by atoms with Crippen molar-refractivity contribution in [2.24, 2.45) is 22.8 Å². The Morgan fingerprint density at radius 3 is 2.19 bits per heavy atom.